The van der Waals surface area contributed by atoms with E-state index in [1.807, 2.05) is 24.3 Å². The first-order valence-corrected chi connectivity index (χ1v) is 9.40. The average Bonchev–Trinajstić information content (AvgIpc) is 3.13. The molecule has 0 aromatic heterocycles. The number of hydrogen-bond donors (Lipinski definition) is 1. The average molecular weight is 396 g/mol. The summed E-state index contributed by atoms with van der Waals surface area (Å²) < 4.78 is 9.97. The summed E-state index contributed by atoms with van der Waals surface area (Å²) in [7, 11) is 2.90. The molecule has 1 heterocycles. The number of likely N-dealkylation sites (tertiary alicyclic amines) is 1. The van der Waals surface area contributed by atoms with Gasteiger partial charge in [-0.15, -0.1) is 0 Å². The second kappa shape index (κ2) is 9.23. The van der Waals surface area contributed by atoms with Crippen LogP contribution in [0, 0.1) is 5.92 Å². The Labute approximate surface area is 169 Å². The highest BCUT2D eigenvalue weighted by atomic mass is 16.5. The highest BCUT2D eigenvalue weighted by Crippen LogP contribution is 2.23. The first-order valence-electron chi connectivity index (χ1n) is 9.40. The third-order valence-electron chi connectivity index (χ3n) is 4.98. The highest BCUT2D eigenvalue weighted by molar-refractivity contribution is 6.03. The van der Waals surface area contributed by atoms with Crippen molar-refractivity contribution in [1.82, 2.24) is 4.90 Å². The van der Waals surface area contributed by atoms with Gasteiger partial charge in [-0.1, -0.05) is 24.3 Å². The van der Waals surface area contributed by atoms with Crippen molar-refractivity contribution in [1.29, 1.82) is 0 Å². The number of methoxy groups -OCH3 is 2. The zero-order valence-electron chi connectivity index (χ0n) is 16.5. The van der Waals surface area contributed by atoms with Crippen molar-refractivity contribution in [2.75, 3.05) is 32.6 Å². The van der Waals surface area contributed by atoms with E-state index in [0.29, 0.717) is 25.2 Å². The summed E-state index contributed by atoms with van der Waals surface area (Å²) in [5.41, 5.74) is 1.73. The van der Waals surface area contributed by atoms with Gasteiger partial charge >= 0.3 is 5.97 Å². The van der Waals surface area contributed by atoms with Crippen LogP contribution in [0.4, 0.5) is 5.69 Å². The Balaban J connectivity index is 1.60. The molecule has 0 spiro atoms. The molecule has 1 saturated heterocycles. The Kier molecular flexibility index (Phi) is 6.49. The van der Waals surface area contributed by atoms with E-state index in [0.717, 1.165) is 11.3 Å². The summed E-state index contributed by atoms with van der Waals surface area (Å²) in [5, 5.41) is 2.76. The molecule has 3 rings (SSSR count). The molecule has 152 valence electrons. The van der Waals surface area contributed by atoms with E-state index >= 15 is 0 Å². The van der Waals surface area contributed by atoms with E-state index in [2.05, 4.69) is 5.32 Å². The molecule has 29 heavy (non-hydrogen) atoms. The molecule has 1 fully saturated rings. The Bertz CT molecular complexity index is 912. The van der Waals surface area contributed by atoms with Crippen molar-refractivity contribution < 1.29 is 23.9 Å². The molecule has 7 heteroatoms. The Morgan fingerprint density at radius 3 is 2.69 bits per heavy atom. The van der Waals surface area contributed by atoms with Crippen molar-refractivity contribution in [2.45, 2.75) is 12.8 Å². The third kappa shape index (κ3) is 4.93. The van der Waals surface area contributed by atoms with Crippen molar-refractivity contribution in [3.63, 3.8) is 0 Å². The van der Waals surface area contributed by atoms with Gasteiger partial charge in [0.2, 0.25) is 11.8 Å². The summed E-state index contributed by atoms with van der Waals surface area (Å²) >= 11 is 0. The van der Waals surface area contributed by atoms with Crippen LogP contribution in [0.15, 0.2) is 48.5 Å². The molecule has 2 amide bonds. The largest absolute Gasteiger partial charge is 0.497 e. The van der Waals surface area contributed by atoms with E-state index in [1.54, 1.807) is 36.3 Å². The number of nitrogens with one attached hydrogen (secondary N) is 1. The lowest BCUT2D eigenvalue weighted by Gasteiger charge is -2.17. The van der Waals surface area contributed by atoms with E-state index in [4.69, 9.17) is 9.47 Å². The molecule has 1 aliphatic rings. The number of anilines is 1. The number of para-hydroxylation sites is 1. The fourth-order valence-corrected chi connectivity index (χ4v) is 3.37. The summed E-state index contributed by atoms with van der Waals surface area (Å²) in [6.07, 6.45) is 0.840. The zero-order valence-corrected chi connectivity index (χ0v) is 16.5. The topological polar surface area (TPSA) is 84.9 Å². The number of benzene rings is 2. The lowest BCUT2D eigenvalue weighted by Crippen LogP contribution is -2.30. The van der Waals surface area contributed by atoms with Crippen molar-refractivity contribution in [3.05, 3.63) is 59.7 Å². The molecule has 2 aromatic rings. The summed E-state index contributed by atoms with van der Waals surface area (Å²) in [4.78, 5) is 38.6. The number of esters is 1. The number of amides is 2. The number of carbonyl (C=O) groups is 3. The standard InChI is InChI=1S/C22H24N2O5/c1-28-17-7-5-6-15(12-17)10-11-24-14-16(13-20(24)25)21(26)23-19-9-4-3-8-18(19)22(27)29-2/h3-9,12,16H,10-11,13-14H2,1-2H3,(H,23,26). The van der Waals surface area contributed by atoms with Gasteiger partial charge in [-0.25, -0.2) is 4.79 Å². The number of ether oxygens (including phenoxy) is 2. The van der Waals surface area contributed by atoms with Crippen molar-refractivity contribution >= 4 is 23.5 Å². The van der Waals surface area contributed by atoms with E-state index in [1.165, 1.54) is 7.11 Å². The van der Waals surface area contributed by atoms with E-state index in [9.17, 15) is 14.4 Å². The smallest absolute Gasteiger partial charge is 0.339 e. The van der Waals surface area contributed by atoms with Gasteiger partial charge in [0.05, 0.1) is 31.4 Å². The summed E-state index contributed by atoms with van der Waals surface area (Å²) in [6.45, 7) is 0.892. The molecule has 0 aliphatic carbocycles. The van der Waals surface area contributed by atoms with Gasteiger partial charge in [0.25, 0.3) is 0 Å². The second-order valence-electron chi connectivity index (χ2n) is 6.87. The van der Waals surface area contributed by atoms with Gasteiger partial charge in [-0.3, -0.25) is 9.59 Å². The predicted octanol–water partition coefficient (Wildman–Crippen LogP) is 2.51. The molecule has 0 bridgehead atoms. The molecular weight excluding hydrogens is 372 g/mol. The quantitative estimate of drug-likeness (QED) is 0.727. The maximum atomic E-state index is 12.7. The lowest BCUT2D eigenvalue weighted by molar-refractivity contribution is -0.128. The minimum atomic E-state index is -0.525. The Hall–Kier alpha value is -3.35. The Morgan fingerprint density at radius 2 is 1.93 bits per heavy atom. The lowest BCUT2D eigenvalue weighted by atomic mass is 10.1. The summed E-state index contributed by atoms with van der Waals surface area (Å²) in [5.74, 6) is -0.536. The van der Waals surface area contributed by atoms with Gasteiger partial charge in [0.1, 0.15) is 5.75 Å². The van der Waals surface area contributed by atoms with Gasteiger partial charge in [-0.05, 0) is 36.2 Å². The Morgan fingerprint density at radius 1 is 1.14 bits per heavy atom. The number of hydrogen-bond acceptors (Lipinski definition) is 5. The molecule has 1 N–H and O–H groups in total. The second-order valence-corrected chi connectivity index (χ2v) is 6.87. The molecule has 1 aliphatic heterocycles. The van der Waals surface area contributed by atoms with Crippen LogP contribution in [0.1, 0.15) is 22.3 Å². The monoisotopic (exact) mass is 396 g/mol. The zero-order chi connectivity index (χ0) is 20.8. The van der Waals surface area contributed by atoms with Gasteiger partial charge in [-0.2, -0.15) is 0 Å². The van der Waals surface area contributed by atoms with Crippen LogP contribution in [0.25, 0.3) is 0 Å². The van der Waals surface area contributed by atoms with Crippen LogP contribution in [0.3, 0.4) is 0 Å². The van der Waals surface area contributed by atoms with Crippen LogP contribution in [0.5, 0.6) is 5.75 Å². The molecule has 7 nitrogen and oxygen atoms in total. The normalized spacial score (nSPS) is 15.9. The number of carbonyl (C=O) groups excluding carboxylic acids is 3. The first-order chi connectivity index (χ1) is 14.0. The van der Waals surface area contributed by atoms with Crippen molar-refractivity contribution in [2.24, 2.45) is 5.92 Å². The maximum Gasteiger partial charge on any atom is 0.339 e. The van der Waals surface area contributed by atoms with Crippen LogP contribution >= 0.6 is 0 Å². The fourth-order valence-electron chi connectivity index (χ4n) is 3.37. The van der Waals surface area contributed by atoms with Gasteiger partial charge < -0.3 is 19.7 Å². The fraction of sp³-hybridized carbons (Fsp3) is 0.318. The number of nitrogens with zero attached hydrogens (tertiary/aromatic N) is 1. The SMILES string of the molecule is COC(=O)c1ccccc1NC(=O)C1CC(=O)N(CCc2cccc(OC)c2)C1. The van der Waals surface area contributed by atoms with Gasteiger partial charge in [0.15, 0.2) is 0 Å². The molecule has 2 aromatic carbocycles. The third-order valence-corrected chi connectivity index (χ3v) is 4.98. The first kappa shape index (κ1) is 20.4. The number of rotatable bonds is 7. The van der Waals surface area contributed by atoms with E-state index < -0.39 is 11.9 Å². The molecule has 1 unspecified atom stereocenters. The van der Waals surface area contributed by atoms with Gasteiger partial charge in [0, 0.05) is 19.5 Å². The predicted molar refractivity (Wildman–Crippen MR) is 108 cm³/mol. The molecule has 1 atom stereocenters. The van der Waals surface area contributed by atoms with Crippen LogP contribution < -0.4 is 10.1 Å². The van der Waals surface area contributed by atoms with Crippen LogP contribution in [0.2, 0.25) is 0 Å². The molecule has 0 radical (unpaired) electrons. The van der Waals surface area contributed by atoms with E-state index in [-0.39, 0.29) is 23.8 Å². The van der Waals surface area contributed by atoms with Crippen molar-refractivity contribution in [3.8, 4) is 5.75 Å². The maximum absolute atomic E-state index is 12.7. The molecule has 0 saturated carbocycles. The summed E-state index contributed by atoms with van der Waals surface area (Å²) in [6, 6.07) is 14.4. The van der Waals surface area contributed by atoms with Crippen LogP contribution in [-0.2, 0) is 20.7 Å². The minimum absolute atomic E-state index is 0.0469. The van der Waals surface area contributed by atoms with Crippen LogP contribution in [-0.4, -0.2) is 50.0 Å². The molecular formula is C22H24N2O5. The highest BCUT2D eigenvalue weighted by Gasteiger charge is 2.34. The minimum Gasteiger partial charge on any atom is -0.497 e.